The van der Waals surface area contributed by atoms with Gasteiger partial charge in [0.1, 0.15) is 0 Å². The number of benzene rings is 1. The summed E-state index contributed by atoms with van der Waals surface area (Å²) in [6.07, 6.45) is 1.34. The maximum absolute atomic E-state index is 2.69. The van der Waals surface area contributed by atoms with E-state index >= 15 is 0 Å². The van der Waals surface area contributed by atoms with Crippen molar-refractivity contribution >= 4 is 5.69 Å². The van der Waals surface area contributed by atoms with Gasteiger partial charge in [0.15, 0.2) is 0 Å². The van der Waals surface area contributed by atoms with Crippen molar-refractivity contribution in [1.82, 2.24) is 9.80 Å². The monoisotopic (exact) mass is 315 g/mol. The number of hydrogen-bond donors (Lipinski definition) is 0. The molecule has 1 atom stereocenters. The number of aryl methyl sites for hydroxylation is 1. The summed E-state index contributed by atoms with van der Waals surface area (Å²) in [7, 11) is 0. The number of piperazine rings is 1. The zero-order chi connectivity index (χ0) is 16.4. The molecular weight excluding hydrogens is 282 g/mol. The van der Waals surface area contributed by atoms with Crippen LogP contribution in [0.15, 0.2) is 24.3 Å². The van der Waals surface area contributed by atoms with Crippen LogP contribution < -0.4 is 4.90 Å². The molecule has 0 aromatic heterocycles. The molecule has 1 unspecified atom stereocenters. The Morgan fingerprint density at radius 2 is 1.61 bits per heavy atom. The van der Waals surface area contributed by atoms with Gasteiger partial charge in [0.25, 0.3) is 0 Å². The van der Waals surface area contributed by atoms with Gasteiger partial charge < -0.3 is 9.80 Å². The lowest BCUT2D eigenvalue weighted by Gasteiger charge is -2.42. The molecule has 0 N–H and O–H groups in total. The summed E-state index contributed by atoms with van der Waals surface area (Å²) < 4.78 is 0. The topological polar surface area (TPSA) is 9.72 Å². The molecule has 128 valence electrons. The second-order valence-electron chi connectivity index (χ2n) is 8.39. The maximum atomic E-state index is 2.69. The van der Waals surface area contributed by atoms with Gasteiger partial charge in [-0.15, -0.1) is 0 Å². The quantitative estimate of drug-likeness (QED) is 0.848. The average Bonchev–Trinajstić information content (AvgIpc) is 2.96. The largest absolute Gasteiger partial charge is 0.371 e. The zero-order valence-electron chi connectivity index (χ0n) is 15.4. The summed E-state index contributed by atoms with van der Waals surface area (Å²) in [5.74, 6) is 0.831. The molecule has 3 nitrogen and oxygen atoms in total. The second-order valence-corrected chi connectivity index (χ2v) is 8.39. The fourth-order valence-electron chi connectivity index (χ4n) is 3.94. The molecule has 1 aromatic rings. The normalized spacial score (nSPS) is 24.3. The molecule has 23 heavy (non-hydrogen) atoms. The fraction of sp³-hybridized carbons (Fsp3) is 0.700. The van der Waals surface area contributed by atoms with Gasteiger partial charge in [-0.05, 0) is 52.2 Å². The molecule has 0 spiro atoms. The third-order valence-corrected chi connectivity index (χ3v) is 5.52. The van der Waals surface area contributed by atoms with E-state index in [9.17, 15) is 0 Å². The SMILES string of the molecule is Cc1ccc(N2CCC(CN3CCN(C(C)(C)C)CC3)C2)cc1. The highest BCUT2D eigenvalue weighted by molar-refractivity contribution is 5.48. The number of hydrogen-bond acceptors (Lipinski definition) is 3. The third-order valence-electron chi connectivity index (χ3n) is 5.52. The summed E-state index contributed by atoms with van der Waals surface area (Å²) in [5.41, 5.74) is 3.07. The first kappa shape index (κ1) is 16.8. The van der Waals surface area contributed by atoms with Crippen molar-refractivity contribution < 1.29 is 0 Å². The van der Waals surface area contributed by atoms with Gasteiger partial charge in [-0.1, -0.05) is 17.7 Å². The van der Waals surface area contributed by atoms with Gasteiger partial charge >= 0.3 is 0 Å². The Morgan fingerprint density at radius 1 is 0.957 bits per heavy atom. The van der Waals surface area contributed by atoms with Crippen molar-refractivity contribution in [2.75, 3.05) is 50.7 Å². The standard InChI is InChI=1S/C20H33N3/c1-17-5-7-19(8-6-17)22-10-9-18(16-22)15-21-11-13-23(14-12-21)20(2,3)4/h5-8,18H,9-16H2,1-4H3. The Bertz CT molecular complexity index is 495. The predicted octanol–water partition coefficient (Wildman–Crippen LogP) is 3.24. The molecule has 1 aromatic carbocycles. The van der Waals surface area contributed by atoms with Crippen molar-refractivity contribution in [3.63, 3.8) is 0 Å². The van der Waals surface area contributed by atoms with Crippen LogP contribution in [0.5, 0.6) is 0 Å². The number of anilines is 1. The third kappa shape index (κ3) is 4.27. The molecule has 2 fully saturated rings. The lowest BCUT2D eigenvalue weighted by molar-refractivity contribution is 0.0566. The predicted molar refractivity (Wildman–Crippen MR) is 99.3 cm³/mol. The summed E-state index contributed by atoms with van der Waals surface area (Å²) in [6, 6.07) is 9.02. The van der Waals surface area contributed by atoms with E-state index < -0.39 is 0 Å². The summed E-state index contributed by atoms with van der Waals surface area (Å²) >= 11 is 0. The van der Waals surface area contributed by atoms with Crippen LogP contribution in [0, 0.1) is 12.8 Å². The Labute approximate surface area is 142 Å². The van der Waals surface area contributed by atoms with Crippen molar-refractivity contribution in [3.05, 3.63) is 29.8 Å². The Morgan fingerprint density at radius 3 is 2.22 bits per heavy atom. The van der Waals surface area contributed by atoms with E-state index in [-0.39, 0.29) is 0 Å². The van der Waals surface area contributed by atoms with Crippen LogP contribution in [0.25, 0.3) is 0 Å². The highest BCUT2D eigenvalue weighted by Crippen LogP contribution is 2.25. The fourth-order valence-corrected chi connectivity index (χ4v) is 3.94. The van der Waals surface area contributed by atoms with Gasteiger partial charge in [0.05, 0.1) is 0 Å². The minimum Gasteiger partial charge on any atom is -0.371 e. The summed E-state index contributed by atoms with van der Waals surface area (Å²) in [4.78, 5) is 7.87. The van der Waals surface area contributed by atoms with Gasteiger partial charge in [-0.25, -0.2) is 0 Å². The number of nitrogens with zero attached hydrogens (tertiary/aromatic N) is 3. The lowest BCUT2D eigenvalue weighted by atomic mass is 10.0. The smallest absolute Gasteiger partial charge is 0.0366 e. The van der Waals surface area contributed by atoms with Crippen LogP contribution in [0.4, 0.5) is 5.69 Å². The van der Waals surface area contributed by atoms with E-state index in [0.29, 0.717) is 5.54 Å². The van der Waals surface area contributed by atoms with Crippen molar-refractivity contribution in [2.24, 2.45) is 5.92 Å². The Hall–Kier alpha value is -1.06. The first-order chi connectivity index (χ1) is 10.9. The highest BCUT2D eigenvalue weighted by Gasteiger charge is 2.29. The molecular formula is C20H33N3. The van der Waals surface area contributed by atoms with Crippen LogP contribution in [0.1, 0.15) is 32.8 Å². The van der Waals surface area contributed by atoms with Crippen LogP contribution in [-0.4, -0.2) is 61.2 Å². The van der Waals surface area contributed by atoms with E-state index in [1.54, 1.807) is 0 Å². The molecule has 2 aliphatic heterocycles. The molecule has 0 bridgehead atoms. The average molecular weight is 316 g/mol. The Balaban J connectivity index is 1.47. The van der Waals surface area contributed by atoms with E-state index in [4.69, 9.17) is 0 Å². The van der Waals surface area contributed by atoms with Gasteiger partial charge in [0, 0.05) is 57.0 Å². The maximum Gasteiger partial charge on any atom is 0.0366 e. The van der Waals surface area contributed by atoms with Crippen LogP contribution >= 0.6 is 0 Å². The second kappa shape index (κ2) is 6.82. The first-order valence-corrected chi connectivity index (χ1v) is 9.21. The van der Waals surface area contributed by atoms with Crippen LogP contribution in [0.2, 0.25) is 0 Å². The van der Waals surface area contributed by atoms with Gasteiger partial charge in [-0.2, -0.15) is 0 Å². The minimum absolute atomic E-state index is 0.321. The van der Waals surface area contributed by atoms with Crippen molar-refractivity contribution in [3.8, 4) is 0 Å². The number of rotatable bonds is 3. The Kier molecular flexibility index (Phi) is 4.98. The zero-order valence-corrected chi connectivity index (χ0v) is 15.4. The summed E-state index contributed by atoms with van der Waals surface area (Å²) in [6.45, 7) is 17.8. The van der Waals surface area contributed by atoms with E-state index in [0.717, 1.165) is 5.92 Å². The van der Waals surface area contributed by atoms with E-state index in [2.05, 4.69) is 66.7 Å². The minimum atomic E-state index is 0.321. The van der Waals surface area contributed by atoms with Gasteiger partial charge in [-0.3, -0.25) is 4.90 Å². The van der Waals surface area contributed by atoms with E-state index in [1.807, 2.05) is 0 Å². The molecule has 3 heteroatoms. The molecule has 0 saturated carbocycles. The molecule has 0 aliphatic carbocycles. The molecule has 2 aliphatic rings. The van der Waals surface area contributed by atoms with Crippen molar-refractivity contribution in [2.45, 2.75) is 39.7 Å². The van der Waals surface area contributed by atoms with E-state index in [1.165, 1.54) is 63.5 Å². The molecule has 0 radical (unpaired) electrons. The lowest BCUT2D eigenvalue weighted by Crippen LogP contribution is -2.54. The highest BCUT2D eigenvalue weighted by atomic mass is 15.3. The van der Waals surface area contributed by atoms with Crippen LogP contribution in [-0.2, 0) is 0 Å². The van der Waals surface area contributed by atoms with Crippen molar-refractivity contribution in [1.29, 1.82) is 0 Å². The molecule has 2 heterocycles. The van der Waals surface area contributed by atoms with Crippen LogP contribution in [0.3, 0.4) is 0 Å². The molecule has 0 amide bonds. The molecule has 3 rings (SSSR count). The first-order valence-electron chi connectivity index (χ1n) is 9.21. The van der Waals surface area contributed by atoms with Gasteiger partial charge in [0.2, 0.25) is 0 Å². The molecule has 2 saturated heterocycles. The summed E-state index contributed by atoms with van der Waals surface area (Å²) in [5, 5.41) is 0.